The molecule has 0 aliphatic heterocycles. The van der Waals surface area contributed by atoms with Gasteiger partial charge >= 0.3 is 21.7 Å². The van der Waals surface area contributed by atoms with E-state index in [0.29, 0.717) is 0 Å². The molecule has 0 radical (unpaired) electrons. The van der Waals surface area contributed by atoms with Crippen molar-refractivity contribution >= 4 is 0 Å². The van der Waals surface area contributed by atoms with Crippen molar-refractivity contribution in [2.45, 2.75) is 142 Å². The summed E-state index contributed by atoms with van der Waals surface area (Å²) < 4.78 is 0. The molecule has 0 saturated heterocycles. The maximum Gasteiger partial charge on any atom is 4.00 e. The Morgan fingerprint density at radius 3 is 1.18 bits per heavy atom. The van der Waals surface area contributed by atoms with E-state index in [4.69, 9.17) is 0 Å². The van der Waals surface area contributed by atoms with E-state index >= 15 is 0 Å². The second-order valence-corrected chi connectivity index (χ2v) is 15.0. The van der Waals surface area contributed by atoms with Gasteiger partial charge < -0.3 is 12.8 Å². The Bertz CT molecular complexity index is 848. The molecule has 0 aromatic heterocycles. The van der Waals surface area contributed by atoms with E-state index in [1.807, 2.05) is 0 Å². The molecule has 40 heavy (non-hydrogen) atoms. The summed E-state index contributed by atoms with van der Waals surface area (Å²) in [5.74, 6) is 5.47. The Kier molecular flexibility index (Phi) is 15.0. The van der Waals surface area contributed by atoms with Crippen molar-refractivity contribution in [2.75, 3.05) is 0 Å². The van der Waals surface area contributed by atoms with Gasteiger partial charge in [0.2, 0.25) is 0 Å². The van der Waals surface area contributed by atoms with E-state index in [1.165, 1.54) is 72.0 Å². The third-order valence-electron chi connectivity index (χ3n) is 10.9. The maximum atomic E-state index is 3.70. The quantitative estimate of drug-likeness (QED) is 0.229. The fourth-order valence-corrected chi connectivity index (χ4v) is 7.10. The average molecular weight is 581 g/mol. The van der Waals surface area contributed by atoms with Crippen LogP contribution in [-0.4, -0.2) is 0 Å². The molecular formula is C39H64Ti. The minimum absolute atomic E-state index is 0. The van der Waals surface area contributed by atoms with Crippen molar-refractivity contribution in [3.8, 4) is 0 Å². The average Bonchev–Trinajstić information content (AvgIpc) is 3.17. The normalized spacial score (nSPS) is 34.1. The molecule has 0 amide bonds. The van der Waals surface area contributed by atoms with E-state index in [1.54, 1.807) is 0 Å². The molecule has 224 valence electrons. The van der Waals surface area contributed by atoms with Crippen LogP contribution in [0.2, 0.25) is 0 Å². The zero-order chi connectivity index (χ0) is 29.7. The predicted molar refractivity (Wildman–Crippen MR) is 174 cm³/mol. The van der Waals surface area contributed by atoms with Gasteiger partial charge in [-0.05, 0) is 0 Å². The van der Waals surface area contributed by atoms with Crippen molar-refractivity contribution in [3.63, 3.8) is 0 Å². The molecule has 6 atom stereocenters. The summed E-state index contributed by atoms with van der Waals surface area (Å²) in [5.41, 5.74) is 8.54. The summed E-state index contributed by atoms with van der Waals surface area (Å²) in [7, 11) is 0. The summed E-state index contributed by atoms with van der Waals surface area (Å²) in [6.07, 6.45) is 22.0. The number of hydrogen-bond donors (Lipinski definition) is 0. The Morgan fingerprint density at radius 1 is 0.650 bits per heavy atom. The third kappa shape index (κ3) is 9.86. The van der Waals surface area contributed by atoms with Crippen molar-refractivity contribution in [1.29, 1.82) is 0 Å². The fraction of sp³-hybridized carbons (Fsp3) is 0.744. The minimum atomic E-state index is 0. The van der Waals surface area contributed by atoms with Crippen molar-refractivity contribution < 1.29 is 21.7 Å². The maximum absolute atomic E-state index is 3.70. The van der Waals surface area contributed by atoms with E-state index in [0.717, 1.165) is 41.9 Å². The summed E-state index contributed by atoms with van der Waals surface area (Å²) in [5, 5.41) is 0. The summed E-state index contributed by atoms with van der Waals surface area (Å²) in [6.45, 7) is 32.0. The molecule has 0 heterocycles. The molecule has 1 heteroatoms. The van der Waals surface area contributed by atoms with Crippen molar-refractivity contribution in [1.82, 2.24) is 0 Å². The Hall–Kier alpha value is -0.326. The topological polar surface area (TPSA) is 0 Å². The first kappa shape index (κ1) is 37.7. The molecule has 0 aromatic rings. The minimum Gasteiger partial charge on any atom is -0.325 e. The Labute approximate surface area is 267 Å². The van der Waals surface area contributed by atoms with Crippen molar-refractivity contribution in [2.24, 2.45) is 46.3 Å². The molecule has 2 fully saturated rings. The molecular weight excluding hydrogens is 516 g/mol. The van der Waals surface area contributed by atoms with Gasteiger partial charge in [0, 0.05) is 0 Å². The molecule has 6 unspecified atom stereocenters. The zero-order valence-corrected chi connectivity index (χ0v) is 30.6. The first-order chi connectivity index (χ1) is 18.0. The number of allylic oxidation sites excluding steroid dienone is 8. The van der Waals surface area contributed by atoms with Crippen LogP contribution in [0.3, 0.4) is 0 Å². The van der Waals surface area contributed by atoms with Gasteiger partial charge in [-0.15, -0.1) is 13.8 Å². The van der Waals surface area contributed by atoms with Crippen LogP contribution in [0.1, 0.15) is 142 Å². The molecule has 0 N–H and O–H groups in total. The second-order valence-electron chi connectivity index (χ2n) is 15.0. The van der Waals surface area contributed by atoms with Gasteiger partial charge in [0.05, 0.1) is 0 Å². The van der Waals surface area contributed by atoms with Gasteiger partial charge in [-0.2, -0.15) is 47.0 Å². The third-order valence-corrected chi connectivity index (χ3v) is 10.9. The number of hydrogen-bond acceptors (Lipinski definition) is 0. The van der Waals surface area contributed by atoms with Crippen LogP contribution in [-0.2, 0) is 21.7 Å². The molecule has 4 aliphatic rings. The molecule has 0 spiro atoms. The van der Waals surface area contributed by atoms with E-state index in [9.17, 15) is 0 Å². The Morgan fingerprint density at radius 2 is 0.975 bits per heavy atom. The predicted octanol–water partition coefficient (Wildman–Crippen LogP) is 12.2. The standard InChI is InChI=1S/C19H26.2C10H19.Ti/c1-12-9-18(7,16(5)14(12)3)11-19(8)10-13(2)15(4)17(19)6;2*1-8(2)10-6-4-9(3)5-7-10;/h11H2,1-8H3;2*6,8-10H,4-5,7H2,1-3H3;/q-2;2*-1;+4. The van der Waals surface area contributed by atoms with Crippen LogP contribution < -0.4 is 0 Å². The monoisotopic (exact) mass is 580 g/mol. The molecule has 4 rings (SSSR count). The molecule has 0 nitrogen and oxygen atoms in total. The van der Waals surface area contributed by atoms with Crippen LogP contribution in [0.15, 0.2) is 33.4 Å². The van der Waals surface area contributed by atoms with E-state index < -0.39 is 0 Å². The first-order valence-corrected chi connectivity index (χ1v) is 16.3. The zero-order valence-electron chi connectivity index (χ0n) is 29.1. The van der Waals surface area contributed by atoms with E-state index in [2.05, 4.69) is 122 Å². The van der Waals surface area contributed by atoms with Crippen LogP contribution in [0, 0.1) is 71.3 Å². The molecule has 4 aliphatic carbocycles. The summed E-state index contributed by atoms with van der Waals surface area (Å²) >= 11 is 0. The fourth-order valence-electron chi connectivity index (χ4n) is 7.10. The number of rotatable bonds is 4. The van der Waals surface area contributed by atoms with Crippen LogP contribution in [0.25, 0.3) is 0 Å². The van der Waals surface area contributed by atoms with E-state index in [-0.39, 0.29) is 32.5 Å². The molecule has 0 aromatic carbocycles. The SMILES string of the molecule is CC1=[C-]C(C)(CC2(C)[C-]=C(C)C(C)=C2C)C(C)=C1C.CC1C[CH-]C(C(C)C)CC1.CC1C[CH-]C(C(C)C)CC1.[Ti+4]. The molecule has 2 saturated carbocycles. The first-order valence-electron chi connectivity index (χ1n) is 16.3. The van der Waals surface area contributed by atoms with Gasteiger partial charge in [-0.3, -0.25) is 12.2 Å². The summed E-state index contributed by atoms with van der Waals surface area (Å²) in [4.78, 5) is 0. The van der Waals surface area contributed by atoms with Gasteiger partial charge in [0.25, 0.3) is 0 Å². The van der Waals surface area contributed by atoms with Crippen molar-refractivity contribution in [3.05, 3.63) is 58.4 Å². The van der Waals surface area contributed by atoms with Gasteiger partial charge in [-0.1, -0.05) is 150 Å². The van der Waals surface area contributed by atoms with Crippen LogP contribution in [0.4, 0.5) is 0 Å². The van der Waals surface area contributed by atoms with Crippen LogP contribution in [0.5, 0.6) is 0 Å². The summed E-state index contributed by atoms with van der Waals surface area (Å²) in [6, 6.07) is 0. The largest absolute Gasteiger partial charge is 4.00 e. The second kappa shape index (κ2) is 15.9. The van der Waals surface area contributed by atoms with Gasteiger partial charge in [0.15, 0.2) is 0 Å². The van der Waals surface area contributed by atoms with Gasteiger partial charge in [0.1, 0.15) is 0 Å². The van der Waals surface area contributed by atoms with Gasteiger partial charge in [-0.25, -0.2) is 11.1 Å². The Balaban J connectivity index is 0.000000324. The van der Waals surface area contributed by atoms with Crippen LogP contribution >= 0.6 is 0 Å². The molecule has 0 bridgehead atoms. The smallest absolute Gasteiger partial charge is 0.325 e.